The first-order valence-corrected chi connectivity index (χ1v) is 33.0. The predicted molar refractivity (Wildman–Crippen MR) is 327 cm³/mol. The molecule has 1 amide bonds. The van der Waals surface area contributed by atoms with Crippen LogP contribution in [0.2, 0.25) is 0 Å². The van der Waals surface area contributed by atoms with Crippen molar-refractivity contribution in [3.8, 4) is 0 Å². The van der Waals surface area contributed by atoms with Gasteiger partial charge in [-0.2, -0.15) is 0 Å². The van der Waals surface area contributed by atoms with Gasteiger partial charge in [-0.1, -0.05) is 286 Å². The number of aliphatic hydroxyl groups is 5. The van der Waals surface area contributed by atoms with Crippen LogP contribution < -0.4 is 5.32 Å². The van der Waals surface area contributed by atoms with E-state index >= 15 is 0 Å². The number of carbonyl (C=O) groups excluding carboxylic acids is 1. The first kappa shape index (κ1) is 72.9. The van der Waals surface area contributed by atoms with Crippen molar-refractivity contribution in [1.29, 1.82) is 0 Å². The van der Waals surface area contributed by atoms with Crippen LogP contribution in [0.3, 0.4) is 0 Å². The minimum absolute atomic E-state index is 0.188. The normalized spacial score (nSPS) is 19.1. The lowest BCUT2D eigenvalue weighted by Crippen LogP contribution is -2.60. The second kappa shape index (κ2) is 57.1. The van der Waals surface area contributed by atoms with Crippen LogP contribution in [0, 0.1) is 0 Å². The van der Waals surface area contributed by atoms with E-state index in [0.717, 1.165) is 51.4 Å². The Bertz CT molecular complexity index is 1400. The van der Waals surface area contributed by atoms with Crippen LogP contribution in [0.4, 0.5) is 0 Å². The molecule has 0 bridgehead atoms. The van der Waals surface area contributed by atoms with Crippen LogP contribution in [0.1, 0.15) is 309 Å². The van der Waals surface area contributed by atoms with Gasteiger partial charge in [-0.3, -0.25) is 4.79 Å². The number of allylic oxidation sites excluding steroid dienone is 9. The second-order valence-electron chi connectivity index (χ2n) is 22.9. The third-order valence-corrected chi connectivity index (χ3v) is 15.5. The molecule has 7 unspecified atom stereocenters. The highest BCUT2D eigenvalue weighted by Crippen LogP contribution is 2.23. The third kappa shape index (κ3) is 46.2. The first-order valence-electron chi connectivity index (χ1n) is 33.0. The van der Waals surface area contributed by atoms with Crippen molar-refractivity contribution in [3.63, 3.8) is 0 Å². The number of amides is 1. The van der Waals surface area contributed by atoms with E-state index < -0.39 is 49.5 Å². The molecular formula is C68H125NO8. The Morgan fingerprint density at radius 2 is 0.779 bits per heavy atom. The fourth-order valence-corrected chi connectivity index (χ4v) is 10.3. The quantitative estimate of drug-likeness (QED) is 0.0261. The van der Waals surface area contributed by atoms with Crippen molar-refractivity contribution >= 4 is 5.91 Å². The summed E-state index contributed by atoms with van der Waals surface area (Å²) >= 11 is 0. The van der Waals surface area contributed by atoms with E-state index in [9.17, 15) is 30.3 Å². The molecule has 7 atom stereocenters. The van der Waals surface area contributed by atoms with Gasteiger partial charge in [0.15, 0.2) is 6.29 Å². The van der Waals surface area contributed by atoms with Gasteiger partial charge >= 0.3 is 0 Å². The molecule has 9 heteroatoms. The summed E-state index contributed by atoms with van der Waals surface area (Å²) in [5.41, 5.74) is 0. The van der Waals surface area contributed by atoms with Gasteiger partial charge in [0.25, 0.3) is 0 Å². The molecule has 1 saturated heterocycles. The average molecular weight is 1080 g/mol. The maximum Gasteiger partial charge on any atom is 0.220 e. The van der Waals surface area contributed by atoms with Crippen molar-refractivity contribution in [2.45, 2.75) is 352 Å². The summed E-state index contributed by atoms with van der Waals surface area (Å²) in [5, 5.41) is 54.6. The van der Waals surface area contributed by atoms with E-state index in [1.165, 1.54) is 238 Å². The molecule has 0 saturated carbocycles. The number of nitrogens with one attached hydrogen (secondary N) is 1. The van der Waals surface area contributed by atoms with Crippen molar-refractivity contribution in [2.24, 2.45) is 0 Å². The molecule has 1 aliphatic heterocycles. The van der Waals surface area contributed by atoms with Crippen LogP contribution in [0.25, 0.3) is 0 Å². The van der Waals surface area contributed by atoms with E-state index in [1.807, 2.05) is 6.08 Å². The molecule has 9 nitrogen and oxygen atoms in total. The maximum atomic E-state index is 13.1. The number of carbonyl (C=O) groups is 1. The summed E-state index contributed by atoms with van der Waals surface area (Å²) in [6.45, 7) is 3.79. The Balaban J connectivity index is 2.16. The highest BCUT2D eigenvalue weighted by atomic mass is 16.7. The van der Waals surface area contributed by atoms with Gasteiger partial charge in [0.2, 0.25) is 5.91 Å². The van der Waals surface area contributed by atoms with Crippen molar-refractivity contribution in [1.82, 2.24) is 5.32 Å². The minimum atomic E-state index is -1.58. The van der Waals surface area contributed by atoms with Gasteiger partial charge in [0.1, 0.15) is 24.4 Å². The molecular weight excluding hydrogens is 959 g/mol. The van der Waals surface area contributed by atoms with E-state index in [2.05, 4.69) is 67.8 Å². The second-order valence-corrected chi connectivity index (χ2v) is 22.9. The van der Waals surface area contributed by atoms with Gasteiger partial charge in [-0.25, -0.2) is 0 Å². The average Bonchev–Trinajstić information content (AvgIpc) is 3.43. The van der Waals surface area contributed by atoms with Gasteiger partial charge in [-0.05, 0) is 77.0 Å². The molecule has 0 aromatic rings. The summed E-state index contributed by atoms with van der Waals surface area (Å²) in [4.78, 5) is 13.1. The monoisotopic (exact) mass is 1080 g/mol. The highest BCUT2D eigenvalue weighted by Gasteiger charge is 2.44. The molecule has 0 aromatic carbocycles. The Hall–Kier alpha value is -2.11. The topological polar surface area (TPSA) is 149 Å². The number of rotatable bonds is 57. The molecule has 6 N–H and O–H groups in total. The zero-order valence-corrected chi connectivity index (χ0v) is 50.2. The zero-order chi connectivity index (χ0) is 55.8. The molecule has 0 aromatic heterocycles. The molecule has 1 rings (SSSR count). The molecule has 77 heavy (non-hydrogen) atoms. The minimum Gasteiger partial charge on any atom is -0.394 e. The zero-order valence-electron chi connectivity index (χ0n) is 50.2. The van der Waals surface area contributed by atoms with Crippen LogP contribution in [-0.4, -0.2) is 87.5 Å². The molecule has 0 aliphatic carbocycles. The summed E-state index contributed by atoms with van der Waals surface area (Å²) in [7, 11) is 0. The van der Waals surface area contributed by atoms with E-state index in [1.54, 1.807) is 6.08 Å². The smallest absolute Gasteiger partial charge is 0.220 e. The molecule has 450 valence electrons. The molecule has 0 spiro atoms. The lowest BCUT2D eigenvalue weighted by atomic mass is 9.99. The van der Waals surface area contributed by atoms with Crippen molar-refractivity contribution in [3.05, 3.63) is 60.8 Å². The van der Waals surface area contributed by atoms with Gasteiger partial charge < -0.3 is 40.3 Å². The standard InChI is InChI=1S/C68H125NO8/c1-3-5-7-9-11-13-15-17-19-21-23-25-26-27-28-29-30-31-32-33-34-35-36-38-40-42-44-46-48-50-52-54-56-58-64(72)69-61(60-76-68-67(75)66(74)65(73)63(59-70)77-68)62(71)57-55-53-51-49-47-45-43-41-39-37-24-22-20-18-16-14-12-10-8-6-4-2/h23,25,27-28,39,41,47,49,55,57,61-63,65-68,70-71,73-75H,3-22,24,26,29-38,40,42-46,48,50-54,56,58-60H2,1-2H3,(H,69,72)/b25-23-,28-27-,41-39+,49-47+,57-55+. The van der Waals surface area contributed by atoms with E-state index in [0.29, 0.717) is 6.42 Å². The molecule has 0 radical (unpaired) electrons. The summed E-state index contributed by atoms with van der Waals surface area (Å²) < 4.78 is 11.3. The lowest BCUT2D eigenvalue weighted by molar-refractivity contribution is -0.302. The predicted octanol–water partition coefficient (Wildman–Crippen LogP) is 17.4. The Labute approximate surface area is 475 Å². The maximum absolute atomic E-state index is 13.1. The largest absolute Gasteiger partial charge is 0.394 e. The number of ether oxygens (including phenoxy) is 2. The van der Waals surface area contributed by atoms with Crippen LogP contribution in [0.15, 0.2) is 60.8 Å². The number of aliphatic hydroxyl groups excluding tert-OH is 5. The van der Waals surface area contributed by atoms with Crippen LogP contribution in [0.5, 0.6) is 0 Å². The molecule has 1 heterocycles. The summed E-state index contributed by atoms with van der Waals surface area (Å²) in [5.74, 6) is -0.188. The number of hydrogen-bond acceptors (Lipinski definition) is 8. The van der Waals surface area contributed by atoms with Crippen molar-refractivity contribution < 1.29 is 39.8 Å². The van der Waals surface area contributed by atoms with Gasteiger partial charge in [0, 0.05) is 6.42 Å². The fourth-order valence-electron chi connectivity index (χ4n) is 10.3. The number of hydrogen-bond donors (Lipinski definition) is 6. The highest BCUT2D eigenvalue weighted by molar-refractivity contribution is 5.76. The SMILES string of the molecule is CCCCCCCCCCC/C=C\C/C=C\CCCCCCCCCCCCCCCCCCCC(=O)NC(COC1OC(CO)C(O)C(O)C1O)C(O)/C=C/CC/C=C/CC/C=C/CCCCCCCCCCCCC. The molecule has 1 aliphatic rings. The van der Waals surface area contributed by atoms with Gasteiger partial charge in [-0.15, -0.1) is 0 Å². The Morgan fingerprint density at radius 1 is 0.442 bits per heavy atom. The van der Waals surface area contributed by atoms with E-state index in [4.69, 9.17) is 9.47 Å². The van der Waals surface area contributed by atoms with Crippen LogP contribution >= 0.6 is 0 Å². The molecule has 1 fully saturated rings. The van der Waals surface area contributed by atoms with Gasteiger partial charge in [0.05, 0.1) is 25.4 Å². The first-order chi connectivity index (χ1) is 37.8. The van der Waals surface area contributed by atoms with E-state index in [-0.39, 0.29) is 12.5 Å². The lowest BCUT2D eigenvalue weighted by Gasteiger charge is -2.40. The Morgan fingerprint density at radius 3 is 1.17 bits per heavy atom. The summed E-state index contributed by atoms with van der Waals surface area (Å²) in [6, 6.07) is -0.830. The van der Waals surface area contributed by atoms with Crippen LogP contribution in [-0.2, 0) is 14.3 Å². The third-order valence-electron chi connectivity index (χ3n) is 15.5. The summed E-state index contributed by atoms with van der Waals surface area (Å²) in [6.07, 6.45) is 71.7. The Kier molecular flexibility index (Phi) is 54.1. The fraction of sp³-hybridized carbons (Fsp3) is 0.838. The van der Waals surface area contributed by atoms with Crippen molar-refractivity contribution in [2.75, 3.05) is 13.2 Å². The number of unbranched alkanes of at least 4 members (excludes halogenated alkanes) is 39.